The third-order valence-electron chi connectivity index (χ3n) is 4.62. The van der Waals surface area contributed by atoms with Crippen molar-refractivity contribution in [2.45, 2.75) is 17.7 Å². The van der Waals surface area contributed by atoms with Gasteiger partial charge in [0.1, 0.15) is 10.6 Å². The Hall–Kier alpha value is -1.86. The average Bonchev–Trinajstić information content (AvgIpc) is 2.99. The Morgan fingerprint density at radius 1 is 1.22 bits per heavy atom. The fourth-order valence-electron chi connectivity index (χ4n) is 3.32. The number of carbonyl (C=O) groups is 1. The van der Waals surface area contributed by atoms with Crippen LogP contribution in [0.2, 0.25) is 0 Å². The summed E-state index contributed by atoms with van der Waals surface area (Å²) in [4.78, 5) is 11.1. The first-order chi connectivity index (χ1) is 10.9. The van der Waals surface area contributed by atoms with Crippen LogP contribution in [0.1, 0.15) is 23.2 Å². The SMILES string of the molecule is COc1ccc(C(=O)O)cc1S(=O)(=O)N1C[C@H]2CC=CC[C@H]2C1. The lowest BCUT2D eigenvalue weighted by molar-refractivity contribution is 0.0696. The number of fused-ring (bicyclic) bond motifs is 1. The predicted molar refractivity (Wildman–Crippen MR) is 84.1 cm³/mol. The van der Waals surface area contributed by atoms with Crippen LogP contribution >= 0.6 is 0 Å². The highest BCUT2D eigenvalue weighted by Gasteiger charge is 2.40. The third kappa shape index (κ3) is 2.86. The molecule has 0 spiro atoms. The number of hydrogen-bond donors (Lipinski definition) is 1. The molecule has 1 saturated heterocycles. The van der Waals surface area contributed by atoms with Crippen LogP contribution in [0.4, 0.5) is 0 Å². The maximum absolute atomic E-state index is 13.0. The van der Waals surface area contributed by atoms with Gasteiger partial charge in [0.25, 0.3) is 0 Å². The standard InChI is InChI=1S/C16H19NO5S/c1-22-14-7-6-11(16(18)19)8-15(14)23(20,21)17-9-12-4-2-3-5-13(12)10-17/h2-3,6-8,12-13H,4-5,9-10H2,1H3,(H,18,19)/t12-,13+. The van der Waals surface area contributed by atoms with Gasteiger partial charge in [0.05, 0.1) is 12.7 Å². The number of carboxylic acid groups (broad SMARTS) is 1. The van der Waals surface area contributed by atoms with E-state index in [1.165, 1.54) is 29.6 Å². The van der Waals surface area contributed by atoms with E-state index in [2.05, 4.69) is 12.2 Å². The summed E-state index contributed by atoms with van der Waals surface area (Å²) in [7, 11) is -2.40. The van der Waals surface area contributed by atoms with Crippen molar-refractivity contribution in [3.63, 3.8) is 0 Å². The zero-order valence-electron chi connectivity index (χ0n) is 12.8. The normalized spacial score (nSPS) is 24.4. The van der Waals surface area contributed by atoms with Crippen molar-refractivity contribution in [2.75, 3.05) is 20.2 Å². The van der Waals surface area contributed by atoms with Crippen molar-refractivity contribution in [3.8, 4) is 5.75 Å². The van der Waals surface area contributed by atoms with Crippen LogP contribution in [0.15, 0.2) is 35.2 Å². The predicted octanol–water partition coefficient (Wildman–Crippen LogP) is 1.98. The highest BCUT2D eigenvalue weighted by molar-refractivity contribution is 7.89. The number of rotatable bonds is 4. The molecule has 0 radical (unpaired) electrons. The molecule has 1 aromatic rings. The molecule has 3 rings (SSSR count). The van der Waals surface area contributed by atoms with E-state index in [1.54, 1.807) is 0 Å². The van der Waals surface area contributed by atoms with E-state index in [-0.39, 0.29) is 16.2 Å². The molecule has 2 atom stereocenters. The first-order valence-electron chi connectivity index (χ1n) is 7.50. The van der Waals surface area contributed by atoms with Crippen molar-refractivity contribution >= 4 is 16.0 Å². The Balaban J connectivity index is 1.96. The molecule has 1 aliphatic carbocycles. The molecule has 1 aliphatic heterocycles. The van der Waals surface area contributed by atoms with Gasteiger partial charge in [0.2, 0.25) is 10.0 Å². The largest absolute Gasteiger partial charge is 0.495 e. The zero-order valence-corrected chi connectivity index (χ0v) is 13.6. The molecule has 124 valence electrons. The number of carboxylic acids is 1. The topological polar surface area (TPSA) is 83.9 Å². The molecule has 7 heteroatoms. The number of methoxy groups -OCH3 is 1. The van der Waals surface area contributed by atoms with E-state index in [0.717, 1.165) is 12.8 Å². The molecule has 6 nitrogen and oxygen atoms in total. The first kappa shape index (κ1) is 16.0. The molecule has 0 amide bonds. The van der Waals surface area contributed by atoms with Gasteiger partial charge in [-0.25, -0.2) is 13.2 Å². The van der Waals surface area contributed by atoms with Crippen molar-refractivity contribution < 1.29 is 23.1 Å². The molecule has 1 aromatic carbocycles. The molecule has 0 aromatic heterocycles. The van der Waals surface area contributed by atoms with Crippen LogP contribution in [-0.4, -0.2) is 44.0 Å². The fourth-order valence-corrected chi connectivity index (χ4v) is 5.05. The minimum absolute atomic E-state index is 0.0670. The molecular formula is C16H19NO5S. The van der Waals surface area contributed by atoms with Gasteiger partial charge in [-0.3, -0.25) is 0 Å². The molecule has 2 aliphatic rings. The van der Waals surface area contributed by atoms with Crippen LogP contribution in [0.25, 0.3) is 0 Å². The van der Waals surface area contributed by atoms with Gasteiger partial charge in [-0.2, -0.15) is 4.31 Å². The molecular weight excluding hydrogens is 318 g/mol. The quantitative estimate of drug-likeness (QED) is 0.849. The van der Waals surface area contributed by atoms with Crippen LogP contribution in [0, 0.1) is 11.8 Å². The maximum atomic E-state index is 13.0. The number of ether oxygens (including phenoxy) is 1. The molecule has 23 heavy (non-hydrogen) atoms. The summed E-state index contributed by atoms with van der Waals surface area (Å²) in [6.07, 6.45) is 5.98. The Morgan fingerprint density at radius 2 is 1.83 bits per heavy atom. The van der Waals surface area contributed by atoms with Crippen molar-refractivity contribution in [2.24, 2.45) is 11.8 Å². The number of allylic oxidation sites excluding steroid dienone is 2. The second kappa shape index (κ2) is 5.98. The number of sulfonamides is 1. The van der Waals surface area contributed by atoms with E-state index in [1.807, 2.05) is 0 Å². The monoisotopic (exact) mass is 337 g/mol. The molecule has 1 fully saturated rings. The highest BCUT2D eigenvalue weighted by atomic mass is 32.2. The van der Waals surface area contributed by atoms with E-state index < -0.39 is 16.0 Å². The molecule has 0 saturated carbocycles. The van der Waals surface area contributed by atoms with E-state index in [4.69, 9.17) is 9.84 Å². The van der Waals surface area contributed by atoms with Gasteiger partial charge in [-0.15, -0.1) is 0 Å². The third-order valence-corrected chi connectivity index (χ3v) is 6.47. The summed E-state index contributed by atoms with van der Waals surface area (Å²) < 4.78 is 32.5. The number of hydrogen-bond acceptors (Lipinski definition) is 4. The Bertz CT molecular complexity index is 740. The average molecular weight is 337 g/mol. The summed E-state index contributed by atoms with van der Waals surface area (Å²) >= 11 is 0. The van der Waals surface area contributed by atoms with E-state index in [9.17, 15) is 13.2 Å². The van der Waals surface area contributed by atoms with Crippen molar-refractivity contribution in [3.05, 3.63) is 35.9 Å². The Labute approximate surface area is 135 Å². The lowest BCUT2D eigenvalue weighted by Gasteiger charge is -2.18. The van der Waals surface area contributed by atoms with Crippen molar-refractivity contribution in [1.29, 1.82) is 0 Å². The van der Waals surface area contributed by atoms with Crippen LogP contribution < -0.4 is 4.74 Å². The Kier molecular flexibility index (Phi) is 4.16. The smallest absolute Gasteiger partial charge is 0.335 e. The van der Waals surface area contributed by atoms with E-state index >= 15 is 0 Å². The lowest BCUT2D eigenvalue weighted by Crippen LogP contribution is -2.29. The summed E-state index contributed by atoms with van der Waals surface area (Å²) in [5, 5.41) is 9.11. The van der Waals surface area contributed by atoms with E-state index in [0.29, 0.717) is 24.9 Å². The molecule has 1 heterocycles. The lowest BCUT2D eigenvalue weighted by atomic mass is 9.86. The number of nitrogens with zero attached hydrogens (tertiary/aromatic N) is 1. The fraction of sp³-hybridized carbons (Fsp3) is 0.438. The van der Waals surface area contributed by atoms with Gasteiger partial charge in [0.15, 0.2) is 0 Å². The minimum atomic E-state index is -3.78. The Morgan fingerprint density at radius 3 is 2.35 bits per heavy atom. The minimum Gasteiger partial charge on any atom is -0.495 e. The summed E-state index contributed by atoms with van der Waals surface area (Å²) in [6.45, 7) is 0.940. The maximum Gasteiger partial charge on any atom is 0.335 e. The van der Waals surface area contributed by atoms with Gasteiger partial charge in [-0.1, -0.05) is 12.2 Å². The van der Waals surface area contributed by atoms with Gasteiger partial charge in [-0.05, 0) is 42.9 Å². The zero-order chi connectivity index (χ0) is 16.6. The van der Waals surface area contributed by atoms with Gasteiger partial charge >= 0.3 is 5.97 Å². The van der Waals surface area contributed by atoms with Crippen LogP contribution in [0.5, 0.6) is 5.75 Å². The first-order valence-corrected chi connectivity index (χ1v) is 8.94. The summed E-state index contributed by atoms with van der Waals surface area (Å²) in [6, 6.07) is 3.91. The van der Waals surface area contributed by atoms with Crippen LogP contribution in [-0.2, 0) is 10.0 Å². The second-order valence-electron chi connectivity index (χ2n) is 5.96. The summed E-state index contributed by atoms with van der Waals surface area (Å²) in [5.41, 5.74) is -0.0670. The number of aromatic carboxylic acids is 1. The van der Waals surface area contributed by atoms with Gasteiger partial charge < -0.3 is 9.84 Å². The molecule has 0 unspecified atom stereocenters. The summed E-state index contributed by atoms with van der Waals surface area (Å²) in [5.74, 6) is -0.321. The highest BCUT2D eigenvalue weighted by Crippen LogP contribution is 2.37. The molecule has 1 N–H and O–H groups in total. The van der Waals surface area contributed by atoms with Crippen LogP contribution in [0.3, 0.4) is 0 Å². The number of benzene rings is 1. The van der Waals surface area contributed by atoms with Crippen molar-refractivity contribution in [1.82, 2.24) is 4.31 Å². The van der Waals surface area contributed by atoms with Gasteiger partial charge in [0, 0.05) is 13.1 Å². The molecule has 0 bridgehead atoms. The second-order valence-corrected chi connectivity index (χ2v) is 7.86.